The van der Waals surface area contributed by atoms with Crippen molar-refractivity contribution in [1.29, 1.82) is 0 Å². The molecule has 0 aromatic heterocycles. The maximum absolute atomic E-state index is 10.6. The Balaban J connectivity index is 2.20. The molecule has 0 aromatic rings. The zero-order valence-corrected chi connectivity index (χ0v) is 25.2. The molecule has 2 fully saturated rings. The molecule has 0 heterocycles. The zero-order chi connectivity index (χ0) is 26.2. The molecule has 3 N–H and O–H groups in total. The van der Waals surface area contributed by atoms with E-state index in [1.165, 1.54) is 32.1 Å². The summed E-state index contributed by atoms with van der Waals surface area (Å²) in [6, 6.07) is 0. The summed E-state index contributed by atoms with van der Waals surface area (Å²) in [5, 5.41) is 31.4. The van der Waals surface area contributed by atoms with E-state index >= 15 is 0 Å². The molecule has 0 bridgehead atoms. The van der Waals surface area contributed by atoms with Crippen molar-refractivity contribution in [1.82, 2.24) is 0 Å². The van der Waals surface area contributed by atoms with Crippen LogP contribution in [0.3, 0.4) is 0 Å². The van der Waals surface area contributed by atoms with Crippen LogP contribution >= 0.6 is 0 Å². The van der Waals surface area contributed by atoms with Gasteiger partial charge in [-0.2, -0.15) is 0 Å². The van der Waals surface area contributed by atoms with Crippen molar-refractivity contribution in [2.75, 3.05) is 0 Å². The third kappa shape index (κ3) is 7.54. The maximum Gasteiger partial charge on any atom is 0.192 e. The van der Waals surface area contributed by atoms with Crippen LogP contribution in [0.2, 0.25) is 18.1 Å². The molecular formula is C29H58O4Si. The lowest BCUT2D eigenvalue weighted by Crippen LogP contribution is -2.50. The van der Waals surface area contributed by atoms with Gasteiger partial charge in [0, 0.05) is 6.10 Å². The van der Waals surface area contributed by atoms with Crippen LogP contribution < -0.4 is 0 Å². The van der Waals surface area contributed by atoms with Crippen molar-refractivity contribution in [2.24, 2.45) is 23.2 Å². The van der Waals surface area contributed by atoms with E-state index < -0.39 is 25.6 Å². The highest BCUT2D eigenvalue weighted by atomic mass is 28.4. The van der Waals surface area contributed by atoms with Gasteiger partial charge in [-0.15, -0.1) is 0 Å². The number of fused-ring (bicyclic) bond motifs is 1. The van der Waals surface area contributed by atoms with Crippen LogP contribution in [0.1, 0.15) is 120 Å². The smallest absolute Gasteiger partial charge is 0.192 e. The molecule has 2 rings (SSSR count). The lowest BCUT2D eigenvalue weighted by Gasteiger charge is -2.50. The monoisotopic (exact) mass is 498 g/mol. The second kappa shape index (κ2) is 10.8. The molecule has 2 saturated carbocycles. The Hall–Kier alpha value is 0.0569. The van der Waals surface area contributed by atoms with Crippen molar-refractivity contribution in [3.05, 3.63) is 0 Å². The summed E-state index contributed by atoms with van der Waals surface area (Å²) >= 11 is 0. The van der Waals surface area contributed by atoms with E-state index in [1.807, 2.05) is 13.8 Å². The van der Waals surface area contributed by atoms with Crippen LogP contribution in [0.5, 0.6) is 0 Å². The lowest BCUT2D eigenvalue weighted by molar-refractivity contribution is -0.0592. The van der Waals surface area contributed by atoms with Crippen molar-refractivity contribution < 1.29 is 19.7 Å². The minimum absolute atomic E-state index is 0.228. The Morgan fingerprint density at radius 1 is 0.941 bits per heavy atom. The summed E-state index contributed by atoms with van der Waals surface area (Å²) < 4.78 is 7.05. The highest BCUT2D eigenvalue weighted by molar-refractivity contribution is 6.74. The number of aliphatic hydroxyl groups excluding tert-OH is 1. The summed E-state index contributed by atoms with van der Waals surface area (Å²) in [5.74, 6) is 1.76. The molecule has 0 radical (unpaired) electrons. The molecule has 2 unspecified atom stereocenters. The van der Waals surface area contributed by atoms with Crippen LogP contribution in [0.25, 0.3) is 0 Å². The number of aliphatic hydroxyl groups is 3. The van der Waals surface area contributed by atoms with Crippen molar-refractivity contribution in [2.45, 2.75) is 161 Å². The molecule has 0 spiro atoms. The first-order valence-electron chi connectivity index (χ1n) is 14.1. The number of hydrogen-bond acceptors (Lipinski definition) is 4. The normalized spacial score (nSPS) is 30.8. The average molecular weight is 499 g/mol. The van der Waals surface area contributed by atoms with Gasteiger partial charge in [-0.3, -0.25) is 0 Å². The third-order valence-electron chi connectivity index (χ3n) is 9.95. The highest BCUT2D eigenvalue weighted by Crippen LogP contribution is 2.60. The van der Waals surface area contributed by atoms with Crippen molar-refractivity contribution in [3.63, 3.8) is 0 Å². The maximum atomic E-state index is 10.6. The fraction of sp³-hybridized carbons (Fsp3) is 1.00. The van der Waals surface area contributed by atoms with Gasteiger partial charge in [0.15, 0.2) is 8.32 Å². The Bertz CT molecular complexity index is 642. The van der Waals surface area contributed by atoms with Crippen LogP contribution in [-0.4, -0.2) is 47.0 Å². The highest BCUT2D eigenvalue weighted by Gasteiger charge is 2.55. The number of rotatable bonds is 11. The van der Waals surface area contributed by atoms with Gasteiger partial charge in [0.2, 0.25) is 0 Å². The lowest BCUT2D eigenvalue weighted by atomic mass is 9.60. The van der Waals surface area contributed by atoms with E-state index in [4.69, 9.17) is 4.43 Å². The molecule has 4 nitrogen and oxygen atoms in total. The molecule has 0 aliphatic heterocycles. The van der Waals surface area contributed by atoms with Gasteiger partial charge in [-0.25, -0.2) is 0 Å². The van der Waals surface area contributed by atoms with Crippen LogP contribution in [0, 0.1) is 23.2 Å². The molecule has 0 amide bonds. The van der Waals surface area contributed by atoms with Crippen LogP contribution in [0.15, 0.2) is 0 Å². The van der Waals surface area contributed by atoms with Gasteiger partial charge >= 0.3 is 0 Å². The average Bonchev–Trinajstić information content (AvgIpc) is 2.99. The predicted octanol–water partition coefficient (Wildman–Crippen LogP) is 7.06. The molecule has 2 aliphatic carbocycles. The third-order valence-corrected chi connectivity index (χ3v) is 14.5. The minimum atomic E-state index is -1.82. The molecule has 0 saturated heterocycles. The fourth-order valence-electron chi connectivity index (χ4n) is 6.70. The molecular weight excluding hydrogens is 440 g/mol. The van der Waals surface area contributed by atoms with E-state index in [9.17, 15) is 15.3 Å². The first-order valence-corrected chi connectivity index (χ1v) is 17.0. The fourth-order valence-corrected chi connectivity index (χ4v) is 8.09. The summed E-state index contributed by atoms with van der Waals surface area (Å²) in [4.78, 5) is 0. The molecule has 5 heteroatoms. The quantitative estimate of drug-likeness (QED) is 0.267. The largest absolute Gasteiger partial charge is 0.414 e. The van der Waals surface area contributed by atoms with E-state index in [0.29, 0.717) is 30.3 Å². The van der Waals surface area contributed by atoms with Gasteiger partial charge in [0.25, 0.3) is 0 Å². The molecule has 6 atom stereocenters. The van der Waals surface area contributed by atoms with Crippen molar-refractivity contribution in [3.8, 4) is 0 Å². The molecule has 202 valence electrons. The first kappa shape index (κ1) is 30.3. The van der Waals surface area contributed by atoms with Crippen molar-refractivity contribution >= 4 is 8.32 Å². The second-order valence-electron chi connectivity index (χ2n) is 14.8. The van der Waals surface area contributed by atoms with Crippen LogP contribution in [-0.2, 0) is 4.43 Å². The van der Waals surface area contributed by atoms with E-state index in [0.717, 1.165) is 25.7 Å². The first-order chi connectivity index (χ1) is 15.3. The van der Waals surface area contributed by atoms with E-state index in [-0.39, 0.29) is 10.5 Å². The van der Waals surface area contributed by atoms with Gasteiger partial charge in [-0.05, 0) is 114 Å². The predicted molar refractivity (Wildman–Crippen MR) is 145 cm³/mol. The second-order valence-corrected chi connectivity index (χ2v) is 19.6. The summed E-state index contributed by atoms with van der Waals surface area (Å²) in [7, 11) is -1.82. The SMILES string of the molecule is CC(C)(O)CCC[C@@H](CCC(O)C(C)(C)O)[C@H]1CCC2[C@@H](O[Si](C)(C)C(C)(C)C)CCC[C@@]21C. The zero-order valence-electron chi connectivity index (χ0n) is 24.2. The minimum Gasteiger partial charge on any atom is -0.414 e. The Morgan fingerprint density at radius 3 is 2.09 bits per heavy atom. The summed E-state index contributed by atoms with van der Waals surface area (Å²) in [6.45, 7) is 21.5. The van der Waals surface area contributed by atoms with E-state index in [1.54, 1.807) is 13.8 Å². The summed E-state index contributed by atoms with van der Waals surface area (Å²) in [5.41, 5.74) is -1.41. The standard InChI is InChI=1S/C29H58O4Si/c1-26(2,3)34(9,10)33-24-14-12-20-29(8)22(16-17-23(24)29)21(13-11-19-27(4,5)31)15-18-25(30)28(6,7)32/h21-25,30-32H,11-20H2,1-10H3/t21-,22+,23?,24-,25?,29+/m0/s1. The molecule has 0 aromatic carbocycles. The Kier molecular flexibility index (Phi) is 9.63. The van der Waals surface area contributed by atoms with Gasteiger partial charge in [0.05, 0.1) is 17.3 Å². The van der Waals surface area contributed by atoms with Gasteiger partial charge < -0.3 is 19.7 Å². The Labute approximate surface area is 212 Å². The van der Waals surface area contributed by atoms with E-state index in [2.05, 4.69) is 40.8 Å². The number of hydrogen-bond donors (Lipinski definition) is 3. The molecule has 34 heavy (non-hydrogen) atoms. The van der Waals surface area contributed by atoms with Gasteiger partial charge in [-0.1, -0.05) is 47.0 Å². The molecule has 2 aliphatic rings. The summed E-state index contributed by atoms with van der Waals surface area (Å²) in [6.07, 6.45) is 10.4. The van der Waals surface area contributed by atoms with Gasteiger partial charge in [0.1, 0.15) is 0 Å². The topological polar surface area (TPSA) is 69.9 Å². The Morgan fingerprint density at radius 2 is 1.56 bits per heavy atom. The van der Waals surface area contributed by atoms with Crippen LogP contribution in [0.4, 0.5) is 0 Å².